The number of hydrogen-bond donors (Lipinski definition) is 1. The van der Waals surface area contributed by atoms with Gasteiger partial charge in [0, 0.05) is 11.3 Å². The first kappa shape index (κ1) is 16.0. The second-order valence-corrected chi connectivity index (χ2v) is 5.98. The fourth-order valence-electron chi connectivity index (χ4n) is 2.09. The van der Waals surface area contributed by atoms with Crippen molar-refractivity contribution in [1.29, 1.82) is 0 Å². The van der Waals surface area contributed by atoms with Crippen LogP contribution < -0.4 is 10.1 Å². The molecule has 0 saturated heterocycles. The Kier molecular flexibility index (Phi) is 5.03. The molecule has 3 aromatic rings. The second kappa shape index (κ2) is 7.57. The highest BCUT2D eigenvalue weighted by Gasteiger charge is 2.08. The lowest BCUT2D eigenvalue weighted by Crippen LogP contribution is -2.12. The third kappa shape index (κ3) is 4.08. The molecule has 0 aliphatic heterocycles. The highest BCUT2D eigenvalue weighted by Crippen LogP contribution is 2.18. The van der Waals surface area contributed by atoms with E-state index in [1.54, 1.807) is 42.5 Å². The summed E-state index contributed by atoms with van der Waals surface area (Å²) < 4.78 is 5.49. The first-order chi connectivity index (χ1) is 11.7. The molecule has 1 N–H and O–H groups in total. The summed E-state index contributed by atoms with van der Waals surface area (Å²) in [5, 5.41) is 4.67. The minimum absolute atomic E-state index is 0.0229. The lowest BCUT2D eigenvalue weighted by atomic mass is 10.1. The molecule has 120 valence electrons. The number of rotatable bonds is 6. The predicted molar refractivity (Wildman–Crippen MR) is 95.0 cm³/mol. The predicted octanol–water partition coefficient (Wildman–Crippen LogP) is 4.26. The average molecular weight is 337 g/mol. The smallest absolute Gasteiger partial charge is 0.265 e. The summed E-state index contributed by atoms with van der Waals surface area (Å²) in [7, 11) is 0. The fourth-order valence-corrected chi connectivity index (χ4v) is 2.71. The molecule has 1 amide bonds. The molecular formula is C19H15NO3S. The van der Waals surface area contributed by atoms with Gasteiger partial charge in [0.25, 0.3) is 5.91 Å². The maximum atomic E-state index is 12.0. The van der Waals surface area contributed by atoms with Crippen LogP contribution in [0.15, 0.2) is 72.1 Å². The second-order valence-electron chi connectivity index (χ2n) is 5.03. The Labute approximate surface area is 143 Å². The third-order valence-electron chi connectivity index (χ3n) is 3.32. The van der Waals surface area contributed by atoms with Gasteiger partial charge in [-0.3, -0.25) is 9.59 Å². The number of benzene rings is 2. The van der Waals surface area contributed by atoms with Gasteiger partial charge in [-0.25, -0.2) is 0 Å². The van der Waals surface area contributed by atoms with Crippen LogP contribution in [-0.4, -0.2) is 18.3 Å². The summed E-state index contributed by atoms with van der Waals surface area (Å²) in [4.78, 5) is 24.6. The summed E-state index contributed by atoms with van der Waals surface area (Å²) in [6.07, 6.45) is 0. The highest BCUT2D eigenvalue weighted by molar-refractivity contribution is 7.12. The van der Waals surface area contributed by atoms with Gasteiger partial charge in [-0.05, 0) is 35.7 Å². The molecule has 0 spiro atoms. The van der Waals surface area contributed by atoms with E-state index in [0.29, 0.717) is 21.9 Å². The molecule has 24 heavy (non-hydrogen) atoms. The number of hydrogen-bond acceptors (Lipinski definition) is 4. The van der Waals surface area contributed by atoms with Gasteiger partial charge in [0.1, 0.15) is 5.75 Å². The highest BCUT2D eigenvalue weighted by atomic mass is 32.1. The summed E-state index contributed by atoms with van der Waals surface area (Å²) in [5.74, 6) is 0.358. The topological polar surface area (TPSA) is 55.4 Å². The lowest BCUT2D eigenvalue weighted by Gasteiger charge is -2.07. The molecule has 5 heteroatoms. The maximum absolute atomic E-state index is 12.0. The van der Waals surface area contributed by atoms with Crippen molar-refractivity contribution in [2.75, 3.05) is 11.9 Å². The van der Waals surface area contributed by atoms with Crippen LogP contribution in [-0.2, 0) is 0 Å². The zero-order chi connectivity index (χ0) is 16.8. The number of Topliss-reactive ketones (excluding diaryl/α,β-unsaturated/α-hetero) is 1. The van der Waals surface area contributed by atoms with Gasteiger partial charge in [0.15, 0.2) is 12.4 Å². The molecule has 4 nitrogen and oxygen atoms in total. The molecule has 0 bridgehead atoms. The molecule has 0 aliphatic rings. The first-order valence-corrected chi connectivity index (χ1v) is 8.26. The molecule has 0 radical (unpaired) electrons. The summed E-state index contributed by atoms with van der Waals surface area (Å²) >= 11 is 1.39. The number of nitrogens with one attached hydrogen (secondary N) is 1. The van der Waals surface area contributed by atoms with E-state index >= 15 is 0 Å². The minimum atomic E-state index is -0.141. The quantitative estimate of drug-likeness (QED) is 0.684. The van der Waals surface area contributed by atoms with E-state index in [1.165, 1.54) is 11.3 Å². The van der Waals surface area contributed by atoms with Gasteiger partial charge in [0.2, 0.25) is 0 Å². The first-order valence-electron chi connectivity index (χ1n) is 7.38. The SMILES string of the molecule is O=C(COc1ccc(NC(=O)c2cccs2)cc1)c1ccccc1. The van der Waals surface area contributed by atoms with Crippen LogP contribution in [0.2, 0.25) is 0 Å². The van der Waals surface area contributed by atoms with E-state index in [9.17, 15) is 9.59 Å². The Hall–Kier alpha value is -2.92. The molecule has 1 aromatic heterocycles. The number of anilines is 1. The van der Waals surface area contributed by atoms with E-state index in [4.69, 9.17) is 4.74 Å². The summed E-state index contributed by atoms with van der Waals surface area (Å²) in [6.45, 7) is -0.0229. The van der Waals surface area contributed by atoms with Crippen molar-refractivity contribution in [3.05, 3.63) is 82.6 Å². The molecular weight excluding hydrogens is 322 g/mol. The molecule has 0 aliphatic carbocycles. The molecule has 0 unspecified atom stereocenters. The standard InChI is InChI=1S/C19H15NO3S/c21-17(14-5-2-1-3-6-14)13-23-16-10-8-15(9-11-16)20-19(22)18-7-4-12-24-18/h1-12H,13H2,(H,20,22). The van der Waals surface area contributed by atoms with Crippen LogP contribution in [0, 0.1) is 0 Å². The van der Waals surface area contributed by atoms with Crippen molar-refractivity contribution >= 4 is 28.7 Å². The monoisotopic (exact) mass is 337 g/mol. The van der Waals surface area contributed by atoms with E-state index < -0.39 is 0 Å². The largest absolute Gasteiger partial charge is 0.485 e. The van der Waals surface area contributed by atoms with E-state index in [0.717, 1.165) is 0 Å². The summed E-state index contributed by atoms with van der Waals surface area (Å²) in [5.41, 5.74) is 1.30. The number of amides is 1. The van der Waals surface area contributed by atoms with Crippen molar-refractivity contribution in [3.8, 4) is 5.75 Å². The number of ketones is 1. The van der Waals surface area contributed by atoms with Crippen LogP contribution >= 0.6 is 11.3 Å². The molecule has 1 heterocycles. The van der Waals surface area contributed by atoms with Crippen molar-refractivity contribution in [2.24, 2.45) is 0 Å². The van der Waals surface area contributed by atoms with Crippen molar-refractivity contribution < 1.29 is 14.3 Å². The molecule has 0 fully saturated rings. The Balaban J connectivity index is 1.55. The van der Waals surface area contributed by atoms with Gasteiger partial charge in [-0.15, -0.1) is 11.3 Å². The van der Waals surface area contributed by atoms with E-state index in [1.807, 2.05) is 29.6 Å². The number of thiophene rings is 1. The molecule has 0 atom stereocenters. The lowest BCUT2D eigenvalue weighted by molar-refractivity contribution is 0.0921. The Morgan fingerprint density at radius 2 is 1.67 bits per heavy atom. The van der Waals surface area contributed by atoms with Gasteiger partial charge in [0.05, 0.1) is 4.88 Å². The number of ether oxygens (including phenoxy) is 1. The van der Waals surface area contributed by atoms with E-state index in [-0.39, 0.29) is 18.3 Å². The van der Waals surface area contributed by atoms with Crippen molar-refractivity contribution in [1.82, 2.24) is 0 Å². The van der Waals surface area contributed by atoms with Gasteiger partial charge in [-0.1, -0.05) is 36.4 Å². The average Bonchev–Trinajstić information content (AvgIpc) is 3.16. The van der Waals surface area contributed by atoms with Gasteiger partial charge < -0.3 is 10.1 Å². The maximum Gasteiger partial charge on any atom is 0.265 e. The minimum Gasteiger partial charge on any atom is -0.485 e. The van der Waals surface area contributed by atoms with Gasteiger partial charge in [-0.2, -0.15) is 0 Å². The Morgan fingerprint density at radius 3 is 2.33 bits per heavy atom. The fraction of sp³-hybridized carbons (Fsp3) is 0.0526. The number of carbonyl (C=O) groups excluding carboxylic acids is 2. The van der Waals surface area contributed by atoms with Crippen molar-refractivity contribution in [3.63, 3.8) is 0 Å². The Morgan fingerprint density at radius 1 is 0.917 bits per heavy atom. The third-order valence-corrected chi connectivity index (χ3v) is 4.19. The van der Waals surface area contributed by atoms with Gasteiger partial charge >= 0.3 is 0 Å². The molecule has 0 saturated carbocycles. The Bertz CT molecular complexity index is 812. The van der Waals surface area contributed by atoms with Crippen molar-refractivity contribution in [2.45, 2.75) is 0 Å². The molecule has 3 rings (SSSR count). The zero-order valence-electron chi connectivity index (χ0n) is 12.8. The van der Waals surface area contributed by atoms with Crippen LogP contribution in [0.1, 0.15) is 20.0 Å². The van der Waals surface area contributed by atoms with Crippen LogP contribution in [0.4, 0.5) is 5.69 Å². The van der Waals surface area contributed by atoms with Crippen LogP contribution in [0.3, 0.4) is 0 Å². The molecule has 2 aromatic carbocycles. The van der Waals surface area contributed by atoms with Crippen LogP contribution in [0.25, 0.3) is 0 Å². The zero-order valence-corrected chi connectivity index (χ0v) is 13.6. The van der Waals surface area contributed by atoms with E-state index in [2.05, 4.69) is 5.32 Å². The summed E-state index contributed by atoms with van der Waals surface area (Å²) in [6, 6.07) is 19.6. The van der Waals surface area contributed by atoms with Crippen LogP contribution in [0.5, 0.6) is 5.75 Å². The number of carbonyl (C=O) groups is 2. The normalized spacial score (nSPS) is 10.2.